The van der Waals surface area contributed by atoms with Crippen molar-refractivity contribution in [3.05, 3.63) is 23.9 Å². The molecule has 0 bridgehead atoms. The summed E-state index contributed by atoms with van der Waals surface area (Å²) in [5, 5.41) is 0. The standard InChI is InChI=1S/C11H12F2N2O2/c12-8-5-9(13)10(14-6-8)15-2-1-11(7-15)16-3-4-17-11/h5-6H,1-4,7H2. The molecule has 0 unspecified atom stereocenters. The van der Waals surface area contributed by atoms with Crippen LogP contribution >= 0.6 is 0 Å². The predicted octanol–water partition coefficient (Wildman–Crippen LogP) is 1.31. The molecular formula is C11H12F2N2O2. The topological polar surface area (TPSA) is 34.6 Å². The van der Waals surface area contributed by atoms with Crippen LogP contribution in [0.1, 0.15) is 6.42 Å². The van der Waals surface area contributed by atoms with Crippen LogP contribution in [0.3, 0.4) is 0 Å². The van der Waals surface area contributed by atoms with Gasteiger partial charge in [-0.05, 0) is 0 Å². The molecule has 0 aromatic carbocycles. The Kier molecular flexibility index (Phi) is 2.48. The van der Waals surface area contributed by atoms with Gasteiger partial charge in [0.25, 0.3) is 0 Å². The first-order valence-electron chi connectivity index (χ1n) is 5.52. The van der Waals surface area contributed by atoms with Gasteiger partial charge >= 0.3 is 0 Å². The number of nitrogens with zero attached hydrogens (tertiary/aromatic N) is 2. The van der Waals surface area contributed by atoms with E-state index in [1.807, 2.05) is 0 Å². The van der Waals surface area contributed by atoms with E-state index in [0.717, 1.165) is 12.3 Å². The molecule has 2 aliphatic heterocycles. The predicted molar refractivity (Wildman–Crippen MR) is 55.6 cm³/mol. The zero-order valence-corrected chi connectivity index (χ0v) is 9.16. The fourth-order valence-corrected chi connectivity index (χ4v) is 2.31. The van der Waals surface area contributed by atoms with Crippen LogP contribution in [0.5, 0.6) is 0 Å². The van der Waals surface area contributed by atoms with Crippen LogP contribution in [0.25, 0.3) is 0 Å². The summed E-state index contributed by atoms with van der Waals surface area (Å²) in [6.07, 6.45) is 1.69. The number of rotatable bonds is 1. The van der Waals surface area contributed by atoms with Crippen LogP contribution in [-0.2, 0) is 9.47 Å². The highest BCUT2D eigenvalue weighted by Gasteiger charge is 2.44. The quantitative estimate of drug-likeness (QED) is 0.743. The van der Waals surface area contributed by atoms with Crippen LogP contribution in [0.4, 0.5) is 14.6 Å². The highest BCUT2D eigenvalue weighted by Crippen LogP contribution is 2.33. The summed E-state index contributed by atoms with van der Waals surface area (Å²) in [6.45, 7) is 2.15. The van der Waals surface area contributed by atoms with Crippen LogP contribution in [0.15, 0.2) is 12.3 Å². The van der Waals surface area contributed by atoms with Crippen LogP contribution in [-0.4, -0.2) is 37.1 Å². The number of anilines is 1. The lowest BCUT2D eigenvalue weighted by Crippen LogP contribution is -2.34. The van der Waals surface area contributed by atoms with E-state index in [2.05, 4.69) is 4.98 Å². The molecule has 0 radical (unpaired) electrons. The van der Waals surface area contributed by atoms with E-state index in [-0.39, 0.29) is 5.82 Å². The van der Waals surface area contributed by atoms with Crippen LogP contribution in [0, 0.1) is 11.6 Å². The molecule has 0 atom stereocenters. The average molecular weight is 242 g/mol. The smallest absolute Gasteiger partial charge is 0.187 e. The normalized spacial score (nSPS) is 22.6. The molecule has 2 fully saturated rings. The summed E-state index contributed by atoms with van der Waals surface area (Å²) in [5.41, 5.74) is 0. The molecule has 1 spiro atoms. The maximum Gasteiger partial charge on any atom is 0.187 e. The summed E-state index contributed by atoms with van der Waals surface area (Å²) < 4.78 is 37.4. The van der Waals surface area contributed by atoms with Crippen molar-refractivity contribution < 1.29 is 18.3 Å². The van der Waals surface area contributed by atoms with Crippen LogP contribution < -0.4 is 4.90 Å². The third kappa shape index (κ3) is 1.87. The number of aromatic nitrogens is 1. The minimum atomic E-state index is -0.673. The molecule has 2 aliphatic rings. The minimum absolute atomic E-state index is 0.155. The van der Waals surface area contributed by atoms with Gasteiger partial charge in [-0.2, -0.15) is 0 Å². The average Bonchev–Trinajstić information content (AvgIpc) is 2.90. The molecule has 0 aliphatic carbocycles. The van der Waals surface area contributed by atoms with Crippen molar-refractivity contribution in [3.8, 4) is 0 Å². The van der Waals surface area contributed by atoms with E-state index in [9.17, 15) is 8.78 Å². The summed E-state index contributed by atoms with van der Waals surface area (Å²) in [5.74, 6) is -1.79. The Morgan fingerprint density at radius 3 is 2.76 bits per heavy atom. The van der Waals surface area contributed by atoms with E-state index in [4.69, 9.17) is 9.47 Å². The Morgan fingerprint density at radius 2 is 2.06 bits per heavy atom. The lowest BCUT2D eigenvalue weighted by Gasteiger charge is -2.22. The fraction of sp³-hybridized carbons (Fsp3) is 0.545. The molecule has 0 saturated carbocycles. The number of halogens is 2. The SMILES string of the molecule is Fc1cnc(N2CCC3(C2)OCCO3)c(F)c1. The fourth-order valence-electron chi connectivity index (χ4n) is 2.31. The van der Waals surface area contributed by atoms with E-state index in [1.165, 1.54) is 0 Å². The molecule has 4 nitrogen and oxygen atoms in total. The summed E-state index contributed by atoms with van der Waals surface area (Å²) in [7, 11) is 0. The number of hydrogen-bond acceptors (Lipinski definition) is 4. The molecule has 3 rings (SSSR count). The highest BCUT2D eigenvalue weighted by molar-refractivity contribution is 5.41. The molecule has 6 heteroatoms. The van der Waals surface area contributed by atoms with E-state index >= 15 is 0 Å². The number of pyridine rings is 1. The second-order valence-electron chi connectivity index (χ2n) is 4.24. The van der Waals surface area contributed by atoms with Gasteiger partial charge in [-0.25, -0.2) is 13.8 Å². The van der Waals surface area contributed by atoms with Gasteiger partial charge in [-0.15, -0.1) is 0 Å². The van der Waals surface area contributed by atoms with Crippen LogP contribution in [0.2, 0.25) is 0 Å². The van der Waals surface area contributed by atoms with Gasteiger partial charge in [0.15, 0.2) is 17.4 Å². The Bertz CT molecular complexity index is 435. The maximum absolute atomic E-state index is 13.6. The van der Waals surface area contributed by atoms with Gasteiger partial charge in [0.1, 0.15) is 5.82 Å². The number of hydrogen-bond donors (Lipinski definition) is 0. The highest BCUT2D eigenvalue weighted by atomic mass is 19.1. The van der Waals surface area contributed by atoms with Crippen molar-refractivity contribution in [2.24, 2.45) is 0 Å². The van der Waals surface area contributed by atoms with Crippen molar-refractivity contribution in [2.45, 2.75) is 12.2 Å². The van der Waals surface area contributed by atoms with E-state index in [0.29, 0.717) is 32.7 Å². The Labute approximate surface area is 97.1 Å². The molecule has 17 heavy (non-hydrogen) atoms. The van der Waals surface area contributed by atoms with Gasteiger partial charge < -0.3 is 14.4 Å². The lowest BCUT2D eigenvalue weighted by atomic mass is 10.2. The first-order chi connectivity index (χ1) is 8.19. The molecule has 1 aromatic heterocycles. The third-order valence-electron chi connectivity index (χ3n) is 3.10. The third-order valence-corrected chi connectivity index (χ3v) is 3.10. The minimum Gasteiger partial charge on any atom is -0.349 e. The molecular weight excluding hydrogens is 230 g/mol. The molecule has 0 amide bonds. The molecule has 0 N–H and O–H groups in total. The molecule has 1 aromatic rings. The summed E-state index contributed by atoms with van der Waals surface area (Å²) in [6, 6.07) is 0.837. The summed E-state index contributed by atoms with van der Waals surface area (Å²) in [4.78, 5) is 5.50. The van der Waals surface area contributed by atoms with Gasteiger partial charge in [0.2, 0.25) is 0 Å². The lowest BCUT2D eigenvalue weighted by molar-refractivity contribution is -0.137. The van der Waals surface area contributed by atoms with Crippen molar-refractivity contribution in [1.82, 2.24) is 4.98 Å². The Morgan fingerprint density at radius 1 is 1.29 bits per heavy atom. The first kappa shape index (κ1) is 10.9. The largest absolute Gasteiger partial charge is 0.349 e. The summed E-state index contributed by atoms with van der Waals surface area (Å²) >= 11 is 0. The zero-order chi connectivity index (χ0) is 11.9. The van der Waals surface area contributed by atoms with Crippen molar-refractivity contribution in [1.29, 1.82) is 0 Å². The van der Waals surface area contributed by atoms with Gasteiger partial charge in [0, 0.05) is 19.0 Å². The van der Waals surface area contributed by atoms with E-state index in [1.54, 1.807) is 4.90 Å². The van der Waals surface area contributed by atoms with Gasteiger partial charge in [0.05, 0.1) is 26.0 Å². The van der Waals surface area contributed by atoms with Gasteiger partial charge in [-0.1, -0.05) is 0 Å². The molecule has 2 saturated heterocycles. The first-order valence-corrected chi connectivity index (χ1v) is 5.52. The molecule has 3 heterocycles. The monoisotopic (exact) mass is 242 g/mol. The van der Waals surface area contributed by atoms with Crippen molar-refractivity contribution >= 4 is 5.82 Å². The molecule has 92 valence electrons. The van der Waals surface area contributed by atoms with Gasteiger partial charge in [-0.3, -0.25) is 0 Å². The second-order valence-corrected chi connectivity index (χ2v) is 4.24. The van der Waals surface area contributed by atoms with E-state index < -0.39 is 17.4 Å². The van der Waals surface area contributed by atoms with Crippen molar-refractivity contribution in [3.63, 3.8) is 0 Å². The Balaban J connectivity index is 1.82. The van der Waals surface area contributed by atoms with Crippen molar-refractivity contribution in [2.75, 3.05) is 31.2 Å². The number of ether oxygens (including phenoxy) is 2. The second kappa shape index (κ2) is 3.89. The Hall–Kier alpha value is -1.27. The zero-order valence-electron chi connectivity index (χ0n) is 9.16. The maximum atomic E-state index is 13.6.